The molecule has 1 fully saturated rings. The zero-order valence-corrected chi connectivity index (χ0v) is 55.4. The average Bonchev–Trinajstić information content (AvgIpc) is 1.60. The largest absolute Gasteiger partial charge is 0.456 e. The Balaban J connectivity index is 0.000000205. The van der Waals surface area contributed by atoms with Crippen molar-refractivity contribution in [2.24, 2.45) is 7.05 Å². The summed E-state index contributed by atoms with van der Waals surface area (Å²) in [5.41, 5.74) is 27.7. The van der Waals surface area contributed by atoms with Crippen LogP contribution in [0.15, 0.2) is 229 Å². The van der Waals surface area contributed by atoms with Crippen molar-refractivity contribution in [1.29, 1.82) is 0 Å². The maximum atomic E-state index is 5.71. The number of para-hydroxylation sites is 2. The minimum atomic E-state index is -0.143. The zero-order chi connectivity index (χ0) is 63.0. The smallest absolute Gasteiger partial charge is 0.135 e. The lowest BCUT2D eigenvalue weighted by Crippen LogP contribution is -2.17. The fourth-order valence-electron chi connectivity index (χ4n) is 12.8. The van der Waals surface area contributed by atoms with Crippen molar-refractivity contribution in [2.75, 3.05) is 4.90 Å². The minimum absolute atomic E-state index is 0.143. The number of furan rings is 1. The van der Waals surface area contributed by atoms with E-state index in [4.69, 9.17) is 4.42 Å². The van der Waals surface area contributed by atoms with E-state index in [0.29, 0.717) is 5.92 Å². The van der Waals surface area contributed by atoms with Crippen molar-refractivity contribution in [1.82, 2.24) is 4.57 Å². The second kappa shape index (κ2) is 27.8. The fourth-order valence-corrected chi connectivity index (χ4v) is 12.8. The first-order valence-corrected chi connectivity index (χ1v) is 32.2. The average molecular weight is 1160 g/mol. The summed E-state index contributed by atoms with van der Waals surface area (Å²) in [5.74, 6) is 0.614. The number of rotatable bonds is 8. The van der Waals surface area contributed by atoms with E-state index in [1.54, 1.807) is 0 Å². The molecule has 3 nitrogen and oxygen atoms in total. The van der Waals surface area contributed by atoms with Crippen LogP contribution in [0.4, 0.5) is 17.1 Å². The van der Waals surface area contributed by atoms with Crippen LogP contribution in [0.25, 0.3) is 82.3 Å². The standard InChI is InChI=1S/C51H49N.C14H13N.C13H10O.C3H8.2C2H6/c1-9-15-40(32(3)10-2)47-30-38(23-26-44(47)36-20-21-36)52(37-22-25-43(34(5)28-37)41-17-12-11-16-33(41)4)39-24-27-46-48(31-39)51(7,8)49-29-35(6)42-18-13-14-19-45(42)50(46)49;1-10-7-8-12-11-5-3-4-6-13(11)15(2)14(12)9-10;1-9-6-7-13-11(8-9)10-4-2-3-5-12(10)14-13;1-3-2;2*1-2/h9-19,22-31,36H,2,20-21H2,1,3-8H3;3-9H,1-2H3;2-8H,1H3;3H2,1-2H3;2*1-2H3/b15-9-,40-32+;;;;;. The van der Waals surface area contributed by atoms with Gasteiger partial charge in [-0.05, 0) is 223 Å². The molecule has 3 heteroatoms. The lowest BCUT2D eigenvalue weighted by atomic mass is 9.81. The molecule has 0 unspecified atom stereocenters. The van der Waals surface area contributed by atoms with Gasteiger partial charge in [0, 0.05) is 62.1 Å². The molecule has 0 bridgehead atoms. The molecule has 0 radical (unpaired) electrons. The van der Waals surface area contributed by atoms with Crippen molar-refractivity contribution < 1.29 is 4.42 Å². The molecule has 12 aromatic rings. The summed E-state index contributed by atoms with van der Waals surface area (Å²) in [6.45, 7) is 36.4. The molecule has 10 aromatic carbocycles. The highest BCUT2D eigenvalue weighted by Crippen LogP contribution is 2.54. The number of hydrogen-bond acceptors (Lipinski definition) is 2. The van der Waals surface area contributed by atoms with E-state index in [-0.39, 0.29) is 5.41 Å². The lowest BCUT2D eigenvalue weighted by Gasteiger charge is -2.29. The number of allylic oxidation sites excluding steroid dienone is 5. The van der Waals surface area contributed by atoms with Gasteiger partial charge in [0.2, 0.25) is 0 Å². The predicted molar refractivity (Wildman–Crippen MR) is 388 cm³/mol. The first kappa shape index (κ1) is 63.6. The Labute approximate surface area is 526 Å². The van der Waals surface area contributed by atoms with Crippen molar-refractivity contribution in [3.05, 3.63) is 275 Å². The van der Waals surface area contributed by atoms with E-state index in [9.17, 15) is 0 Å². The Hall–Kier alpha value is -8.92. The molecule has 14 rings (SSSR count). The van der Waals surface area contributed by atoms with Crippen LogP contribution in [-0.4, -0.2) is 4.57 Å². The van der Waals surface area contributed by atoms with Crippen molar-refractivity contribution in [3.8, 4) is 22.3 Å². The molecule has 0 aliphatic heterocycles. The Morgan fingerprint density at radius 2 is 1.09 bits per heavy atom. The quantitative estimate of drug-likeness (QED) is 0.141. The van der Waals surface area contributed by atoms with E-state index < -0.39 is 0 Å². The number of anilines is 3. The highest BCUT2D eigenvalue weighted by atomic mass is 16.3. The number of aryl methyl sites for hydroxylation is 6. The van der Waals surface area contributed by atoms with Gasteiger partial charge in [0.15, 0.2) is 0 Å². The van der Waals surface area contributed by atoms with E-state index in [2.05, 4.69) is 281 Å². The summed E-state index contributed by atoms with van der Waals surface area (Å²) in [6.07, 6.45) is 10.2. The monoisotopic (exact) mass is 1160 g/mol. The topological polar surface area (TPSA) is 21.3 Å². The fraction of sp³-hybridized carbons (Fsp3) is 0.247. The third-order valence-corrected chi connectivity index (χ3v) is 17.3. The van der Waals surface area contributed by atoms with Gasteiger partial charge in [-0.25, -0.2) is 0 Å². The molecule has 0 atom stereocenters. The number of benzene rings is 10. The third-order valence-electron chi connectivity index (χ3n) is 17.3. The molecule has 0 N–H and O–H groups in total. The van der Waals surface area contributed by atoms with Gasteiger partial charge in [0.05, 0.1) is 0 Å². The van der Waals surface area contributed by atoms with E-state index in [1.807, 2.05) is 58.0 Å². The summed E-state index contributed by atoms with van der Waals surface area (Å²) in [4.78, 5) is 2.48. The van der Waals surface area contributed by atoms with Crippen LogP contribution in [-0.2, 0) is 12.5 Å². The zero-order valence-electron chi connectivity index (χ0n) is 55.4. The van der Waals surface area contributed by atoms with Crippen LogP contribution in [0.1, 0.15) is 144 Å². The molecule has 2 aromatic heterocycles. The molecule has 448 valence electrons. The maximum absolute atomic E-state index is 5.71. The normalized spacial score (nSPS) is 13.0. The van der Waals surface area contributed by atoms with Gasteiger partial charge in [-0.1, -0.05) is 220 Å². The summed E-state index contributed by atoms with van der Waals surface area (Å²) in [7, 11) is 2.13. The summed E-state index contributed by atoms with van der Waals surface area (Å²) in [5, 5.41) is 7.78. The SMILES string of the molecule is C=C/C(C)=C(\C=C/C)c1cc(N(c2ccc(-c3ccccc3C)c(C)c2)c2ccc3c(c2)C(C)(C)c2cc(C)c4ccccc4c2-3)ccc1C1CC1.CC.CC.CCC.Cc1ccc2c3ccccc3n(C)c2c1.Cc1ccc2oc3ccccc3c2c1. The molecule has 2 heterocycles. The number of fused-ring (bicyclic) bond motifs is 11. The Kier molecular flexibility index (Phi) is 20.1. The van der Waals surface area contributed by atoms with E-state index >= 15 is 0 Å². The number of nitrogens with zero attached hydrogens (tertiary/aromatic N) is 2. The highest BCUT2D eigenvalue weighted by molar-refractivity contribution is 6.08. The number of hydrogen-bond donors (Lipinski definition) is 0. The molecule has 1 saturated carbocycles. The number of aromatic nitrogens is 1. The second-order valence-corrected chi connectivity index (χ2v) is 23.9. The summed E-state index contributed by atoms with van der Waals surface area (Å²) < 4.78 is 7.97. The second-order valence-electron chi connectivity index (χ2n) is 23.9. The van der Waals surface area contributed by atoms with Crippen LogP contribution in [0.3, 0.4) is 0 Å². The van der Waals surface area contributed by atoms with Crippen LogP contribution < -0.4 is 4.90 Å². The molecular formula is C85H92N2O. The van der Waals surface area contributed by atoms with Gasteiger partial charge in [-0.2, -0.15) is 0 Å². The van der Waals surface area contributed by atoms with Gasteiger partial charge < -0.3 is 13.9 Å². The highest BCUT2D eigenvalue weighted by Gasteiger charge is 2.38. The summed E-state index contributed by atoms with van der Waals surface area (Å²) >= 11 is 0. The van der Waals surface area contributed by atoms with Crippen LogP contribution >= 0.6 is 0 Å². The molecule has 88 heavy (non-hydrogen) atoms. The molecule has 2 aliphatic rings. The molecule has 0 saturated heterocycles. The minimum Gasteiger partial charge on any atom is -0.456 e. The van der Waals surface area contributed by atoms with E-state index in [0.717, 1.165) is 22.5 Å². The Bertz CT molecular complexity index is 4530. The first-order valence-electron chi connectivity index (χ1n) is 32.2. The van der Waals surface area contributed by atoms with Gasteiger partial charge in [0.1, 0.15) is 11.2 Å². The third kappa shape index (κ3) is 12.6. The van der Waals surface area contributed by atoms with Gasteiger partial charge in [-0.15, -0.1) is 0 Å². The molecule has 0 amide bonds. The molecule has 0 spiro atoms. The van der Waals surface area contributed by atoms with Gasteiger partial charge in [0.25, 0.3) is 0 Å². The van der Waals surface area contributed by atoms with Gasteiger partial charge >= 0.3 is 0 Å². The lowest BCUT2D eigenvalue weighted by molar-refractivity contribution is 0.660. The van der Waals surface area contributed by atoms with Crippen molar-refractivity contribution in [2.45, 2.75) is 134 Å². The van der Waals surface area contributed by atoms with Crippen molar-refractivity contribution in [3.63, 3.8) is 0 Å². The predicted octanol–water partition coefficient (Wildman–Crippen LogP) is 25.6. The van der Waals surface area contributed by atoms with E-state index in [1.165, 1.54) is 152 Å². The Morgan fingerprint density at radius 3 is 1.77 bits per heavy atom. The maximum Gasteiger partial charge on any atom is 0.135 e. The summed E-state index contributed by atoms with van der Waals surface area (Å²) in [6, 6.07) is 71.0. The van der Waals surface area contributed by atoms with Crippen LogP contribution in [0, 0.1) is 34.6 Å². The molecular weight excluding hydrogens is 1060 g/mol. The molecule has 2 aliphatic carbocycles. The first-order chi connectivity index (χ1) is 42.6. The van der Waals surface area contributed by atoms with Crippen molar-refractivity contribution >= 4 is 77.2 Å². The van der Waals surface area contributed by atoms with Crippen LogP contribution in [0.2, 0.25) is 0 Å². The van der Waals surface area contributed by atoms with Gasteiger partial charge in [-0.3, -0.25) is 0 Å². The Morgan fingerprint density at radius 1 is 0.534 bits per heavy atom. The van der Waals surface area contributed by atoms with Crippen LogP contribution in [0.5, 0.6) is 0 Å².